The number of fused-ring (bicyclic) bond motifs is 1. The lowest BCUT2D eigenvalue weighted by molar-refractivity contribution is 0.271. The monoisotopic (exact) mass is 280 g/mol. The van der Waals surface area contributed by atoms with Crippen LogP contribution in [0, 0.1) is 0 Å². The van der Waals surface area contributed by atoms with Crippen LogP contribution in [0.25, 0.3) is 10.2 Å². The fraction of sp³-hybridized carbons (Fsp3) is 0.500. The van der Waals surface area contributed by atoms with Crippen molar-refractivity contribution in [3.63, 3.8) is 0 Å². The molecule has 0 bridgehead atoms. The van der Waals surface area contributed by atoms with Gasteiger partial charge in [-0.25, -0.2) is 4.98 Å². The third-order valence-corrected chi connectivity index (χ3v) is 5.95. The van der Waals surface area contributed by atoms with E-state index in [-0.39, 0.29) is 11.5 Å². The molecular formula is C14H17ClN2S. The summed E-state index contributed by atoms with van der Waals surface area (Å²) in [7, 11) is 0. The molecule has 0 saturated heterocycles. The smallest absolute Gasteiger partial charge is 0.101 e. The van der Waals surface area contributed by atoms with Crippen molar-refractivity contribution in [3.05, 3.63) is 28.2 Å². The zero-order chi connectivity index (χ0) is 12.8. The summed E-state index contributed by atoms with van der Waals surface area (Å²) in [6.07, 6.45) is 4.71. The number of nitrogens with zero attached hydrogens (tertiary/aromatic N) is 1. The van der Waals surface area contributed by atoms with Crippen molar-refractivity contribution in [1.29, 1.82) is 0 Å². The zero-order valence-corrected chi connectivity index (χ0v) is 12.0. The minimum Gasteiger partial charge on any atom is -0.327 e. The third-order valence-electron chi connectivity index (χ3n) is 4.14. The lowest BCUT2D eigenvalue weighted by Gasteiger charge is -2.37. The molecule has 0 amide bonds. The van der Waals surface area contributed by atoms with E-state index in [0.29, 0.717) is 0 Å². The van der Waals surface area contributed by atoms with E-state index in [9.17, 15) is 0 Å². The Morgan fingerprint density at radius 2 is 2.28 bits per heavy atom. The van der Waals surface area contributed by atoms with Crippen LogP contribution in [0.3, 0.4) is 0 Å². The van der Waals surface area contributed by atoms with Crippen molar-refractivity contribution in [3.8, 4) is 0 Å². The third kappa shape index (κ3) is 1.85. The molecule has 2 N–H and O–H groups in total. The molecule has 1 aliphatic carbocycles. The predicted molar refractivity (Wildman–Crippen MR) is 78.4 cm³/mol. The maximum atomic E-state index is 6.34. The number of aromatic nitrogens is 1. The minimum atomic E-state index is 0.0191. The Labute approximate surface area is 116 Å². The Morgan fingerprint density at radius 3 is 3.00 bits per heavy atom. The van der Waals surface area contributed by atoms with Gasteiger partial charge in [0.2, 0.25) is 0 Å². The highest BCUT2D eigenvalue weighted by molar-refractivity contribution is 7.19. The molecular weight excluding hydrogens is 264 g/mol. The first-order valence-corrected chi connectivity index (χ1v) is 7.62. The maximum absolute atomic E-state index is 6.34. The number of rotatable bonds is 1. The van der Waals surface area contributed by atoms with E-state index in [0.717, 1.165) is 33.1 Å². The highest BCUT2D eigenvalue weighted by atomic mass is 35.5. The minimum absolute atomic E-state index is 0.0191. The Kier molecular flexibility index (Phi) is 3.08. The van der Waals surface area contributed by atoms with Crippen LogP contribution in [0.15, 0.2) is 18.2 Å². The summed E-state index contributed by atoms with van der Waals surface area (Å²) < 4.78 is 1.09. The lowest BCUT2D eigenvalue weighted by atomic mass is 9.72. The SMILES string of the molecule is CC1(c2nc3cccc(Cl)c3s2)CCCCC1N. The van der Waals surface area contributed by atoms with Gasteiger partial charge >= 0.3 is 0 Å². The van der Waals surface area contributed by atoms with Gasteiger partial charge in [0.1, 0.15) is 5.01 Å². The first kappa shape index (κ1) is 12.4. The summed E-state index contributed by atoms with van der Waals surface area (Å²) in [5.74, 6) is 0. The van der Waals surface area contributed by atoms with Gasteiger partial charge in [-0.1, -0.05) is 37.4 Å². The molecule has 0 radical (unpaired) electrons. The van der Waals surface area contributed by atoms with E-state index in [1.54, 1.807) is 11.3 Å². The second kappa shape index (κ2) is 4.48. The Bertz CT molecular complexity index is 580. The van der Waals surface area contributed by atoms with Crippen LogP contribution in [0.2, 0.25) is 5.02 Å². The summed E-state index contributed by atoms with van der Waals surface area (Å²) in [5.41, 5.74) is 7.36. The van der Waals surface area contributed by atoms with Gasteiger partial charge in [-0.05, 0) is 25.0 Å². The van der Waals surface area contributed by atoms with Gasteiger partial charge in [0.15, 0.2) is 0 Å². The number of benzene rings is 1. The van der Waals surface area contributed by atoms with Gasteiger partial charge in [-0.2, -0.15) is 0 Å². The quantitative estimate of drug-likeness (QED) is 0.854. The van der Waals surface area contributed by atoms with Crippen LogP contribution >= 0.6 is 22.9 Å². The van der Waals surface area contributed by atoms with Gasteiger partial charge in [0, 0.05) is 11.5 Å². The number of thiazole rings is 1. The normalized spacial score (nSPS) is 28.7. The fourth-order valence-electron chi connectivity index (χ4n) is 2.79. The molecule has 1 aromatic heterocycles. The number of nitrogens with two attached hydrogens (primary N) is 1. The van der Waals surface area contributed by atoms with Gasteiger partial charge in [0.25, 0.3) is 0 Å². The summed E-state index contributed by atoms with van der Waals surface area (Å²) in [6, 6.07) is 6.12. The number of hydrogen-bond donors (Lipinski definition) is 1. The van der Waals surface area contributed by atoms with Gasteiger partial charge in [-0.15, -0.1) is 11.3 Å². The first-order chi connectivity index (χ1) is 8.61. The van der Waals surface area contributed by atoms with E-state index in [1.807, 2.05) is 18.2 Å². The summed E-state index contributed by atoms with van der Waals surface area (Å²) >= 11 is 7.94. The molecule has 2 unspecified atom stereocenters. The Hall–Kier alpha value is -0.640. The van der Waals surface area contributed by atoms with Crippen LogP contribution in [0.4, 0.5) is 0 Å². The number of halogens is 1. The van der Waals surface area contributed by atoms with Crippen molar-refractivity contribution < 1.29 is 0 Å². The van der Waals surface area contributed by atoms with E-state index in [4.69, 9.17) is 22.3 Å². The van der Waals surface area contributed by atoms with E-state index in [1.165, 1.54) is 12.8 Å². The second-order valence-electron chi connectivity index (χ2n) is 5.38. The molecule has 0 spiro atoms. The fourth-order valence-corrected chi connectivity index (χ4v) is 4.28. The van der Waals surface area contributed by atoms with Crippen LogP contribution in [0.5, 0.6) is 0 Å². The van der Waals surface area contributed by atoms with E-state index >= 15 is 0 Å². The maximum Gasteiger partial charge on any atom is 0.101 e. The topological polar surface area (TPSA) is 38.9 Å². The summed E-state index contributed by atoms with van der Waals surface area (Å²) in [4.78, 5) is 4.77. The van der Waals surface area contributed by atoms with Crippen LogP contribution < -0.4 is 5.73 Å². The molecule has 1 saturated carbocycles. The van der Waals surface area contributed by atoms with Crippen LogP contribution in [-0.4, -0.2) is 11.0 Å². The van der Waals surface area contributed by atoms with Gasteiger partial charge in [0.05, 0.1) is 15.2 Å². The largest absolute Gasteiger partial charge is 0.327 e. The molecule has 18 heavy (non-hydrogen) atoms. The molecule has 1 aromatic carbocycles. The van der Waals surface area contributed by atoms with Crippen molar-refractivity contribution in [2.24, 2.45) is 5.73 Å². The molecule has 0 aliphatic heterocycles. The van der Waals surface area contributed by atoms with Crippen molar-refractivity contribution in [2.75, 3.05) is 0 Å². The van der Waals surface area contributed by atoms with Gasteiger partial charge < -0.3 is 5.73 Å². The van der Waals surface area contributed by atoms with Crippen molar-refractivity contribution in [1.82, 2.24) is 4.98 Å². The van der Waals surface area contributed by atoms with E-state index < -0.39 is 0 Å². The average Bonchev–Trinajstić information content (AvgIpc) is 2.79. The van der Waals surface area contributed by atoms with Crippen LogP contribution in [0.1, 0.15) is 37.6 Å². The molecule has 2 aromatic rings. The molecule has 96 valence electrons. The molecule has 1 heterocycles. The predicted octanol–water partition coefficient (Wildman–Crippen LogP) is 4.11. The highest BCUT2D eigenvalue weighted by Crippen LogP contribution is 2.42. The Balaban J connectivity index is 2.11. The molecule has 1 fully saturated rings. The molecule has 2 nitrogen and oxygen atoms in total. The van der Waals surface area contributed by atoms with Crippen LogP contribution in [-0.2, 0) is 5.41 Å². The van der Waals surface area contributed by atoms with Crippen molar-refractivity contribution in [2.45, 2.75) is 44.1 Å². The van der Waals surface area contributed by atoms with E-state index in [2.05, 4.69) is 6.92 Å². The second-order valence-corrected chi connectivity index (χ2v) is 6.78. The average molecular weight is 281 g/mol. The summed E-state index contributed by atoms with van der Waals surface area (Å²) in [6.45, 7) is 2.25. The lowest BCUT2D eigenvalue weighted by Crippen LogP contribution is -2.45. The standard InChI is InChI=1S/C14H17ClN2S/c1-14(8-3-2-7-11(14)16)13-17-10-6-4-5-9(15)12(10)18-13/h4-6,11H,2-3,7-8,16H2,1H3. The summed E-state index contributed by atoms with van der Waals surface area (Å²) in [5, 5.41) is 1.95. The molecule has 3 rings (SSSR count). The first-order valence-electron chi connectivity index (χ1n) is 6.42. The molecule has 2 atom stereocenters. The molecule has 4 heteroatoms. The molecule has 1 aliphatic rings. The number of hydrogen-bond acceptors (Lipinski definition) is 3. The highest BCUT2D eigenvalue weighted by Gasteiger charge is 2.38. The zero-order valence-electron chi connectivity index (χ0n) is 10.4. The Morgan fingerprint density at radius 1 is 1.44 bits per heavy atom. The van der Waals surface area contributed by atoms with Crippen molar-refractivity contribution >= 4 is 33.2 Å². The van der Waals surface area contributed by atoms with Gasteiger partial charge in [-0.3, -0.25) is 0 Å².